The van der Waals surface area contributed by atoms with Crippen LogP contribution in [0.4, 0.5) is 10.1 Å². The fraction of sp³-hybridized carbons (Fsp3) is 0.571. The zero-order chi connectivity index (χ0) is 18.9. The van der Waals surface area contributed by atoms with Gasteiger partial charge in [-0.05, 0) is 49.8 Å². The second-order valence-electron chi connectivity index (χ2n) is 7.10. The normalized spacial score (nSPS) is 18.2. The molecule has 0 amide bonds. The maximum Gasteiger partial charge on any atom is 0.191 e. The highest BCUT2D eigenvalue weighted by atomic mass is 19.1. The smallest absolute Gasteiger partial charge is 0.191 e. The van der Waals surface area contributed by atoms with Crippen LogP contribution in [0.25, 0.3) is 0 Å². The van der Waals surface area contributed by atoms with Gasteiger partial charge in [-0.15, -0.1) is 0 Å². The van der Waals surface area contributed by atoms with Gasteiger partial charge in [-0.3, -0.25) is 4.99 Å². The first-order valence-corrected chi connectivity index (χ1v) is 10.00. The van der Waals surface area contributed by atoms with E-state index in [0.29, 0.717) is 25.4 Å². The van der Waals surface area contributed by atoms with Crippen molar-refractivity contribution >= 4 is 11.6 Å². The van der Waals surface area contributed by atoms with Crippen molar-refractivity contribution in [3.05, 3.63) is 41.2 Å². The van der Waals surface area contributed by atoms with Gasteiger partial charge in [0.15, 0.2) is 5.96 Å². The topological polar surface area (TPSA) is 48.9 Å². The number of anilines is 1. The Hall–Kier alpha value is -2.08. The molecule has 0 atom stereocenters. The third-order valence-corrected chi connectivity index (χ3v) is 5.17. The van der Waals surface area contributed by atoms with Crippen molar-refractivity contribution in [2.24, 2.45) is 4.99 Å². The van der Waals surface area contributed by atoms with Gasteiger partial charge in [-0.2, -0.15) is 0 Å². The zero-order valence-electron chi connectivity index (χ0n) is 16.3. The Kier molecular flexibility index (Phi) is 7.51. The van der Waals surface area contributed by atoms with Crippen molar-refractivity contribution in [2.75, 3.05) is 44.8 Å². The summed E-state index contributed by atoms with van der Waals surface area (Å²) >= 11 is 0. The van der Waals surface area contributed by atoms with Gasteiger partial charge >= 0.3 is 0 Å². The number of rotatable bonds is 6. The highest BCUT2D eigenvalue weighted by Gasteiger charge is 2.15. The largest absolute Gasteiger partial charge is 0.378 e. The van der Waals surface area contributed by atoms with E-state index in [-0.39, 0.29) is 5.82 Å². The predicted octanol–water partition coefficient (Wildman–Crippen LogP) is 3.22. The van der Waals surface area contributed by atoms with Crippen LogP contribution in [0, 0.1) is 5.82 Å². The molecule has 6 heteroatoms. The molecule has 5 nitrogen and oxygen atoms in total. The summed E-state index contributed by atoms with van der Waals surface area (Å²) in [6.07, 6.45) is 8.51. The number of benzene rings is 1. The zero-order valence-corrected chi connectivity index (χ0v) is 16.3. The van der Waals surface area contributed by atoms with Gasteiger partial charge in [-0.25, -0.2) is 4.39 Å². The van der Waals surface area contributed by atoms with Crippen LogP contribution in [0.3, 0.4) is 0 Å². The highest BCUT2D eigenvalue weighted by molar-refractivity contribution is 5.79. The van der Waals surface area contributed by atoms with Gasteiger partial charge in [-0.1, -0.05) is 17.7 Å². The Morgan fingerprint density at radius 1 is 1.22 bits per heavy atom. The number of hydrogen-bond acceptors (Lipinski definition) is 3. The third-order valence-electron chi connectivity index (χ3n) is 5.17. The van der Waals surface area contributed by atoms with E-state index in [0.717, 1.165) is 37.6 Å². The van der Waals surface area contributed by atoms with E-state index < -0.39 is 0 Å². The molecule has 1 aliphatic heterocycles. The molecule has 2 aliphatic rings. The molecular weight excluding hydrogens is 343 g/mol. The summed E-state index contributed by atoms with van der Waals surface area (Å²) in [5.74, 6) is 0.576. The summed E-state index contributed by atoms with van der Waals surface area (Å²) in [6.45, 7) is 4.20. The molecule has 0 bridgehead atoms. The standard InChI is InChI=1S/C21H31FN4O/c1-23-21(24-10-9-17-5-3-2-4-6-17)25-16-18-7-8-20(19(22)15-18)26-11-13-27-14-12-26/h5,7-8,15H,2-4,6,9-14,16H2,1H3,(H2,23,24,25). The molecule has 0 radical (unpaired) electrons. The SMILES string of the molecule is CN=C(NCCC1=CCCCC1)NCc1ccc(N2CCOCC2)c(F)c1. The highest BCUT2D eigenvalue weighted by Crippen LogP contribution is 2.22. The van der Waals surface area contributed by atoms with Crippen LogP contribution in [0.1, 0.15) is 37.7 Å². The Labute approximate surface area is 161 Å². The van der Waals surface area contributed by atoms with Gasteiger partial charge in [0.1, 0.15) is 5.82 Å². The molecule has 1 aromatic rings. The maximum atomic E-state index is 14.5. The Morgan fingerprint density at radius 3 is 2.78 bits per heavy atom. The summed E-state index contributed by atoms with van der Waals surface area (Å²) in [5.41, 5.74) is 3.11. The summed E-state index contributed by atoms with van der Waals surface area (Å²) in [4.78, 5) is 6.30. The number of ether oxygens (including phenoxy) is 1. The minimum Gasteiger partial charge on any atom is -0.378 e. The summed E-state index contributed by atoms with van der Waals surface area (Å²) in [7, 11) is 1.76. The Balaban J connectivity index is 1.46. The monoisotopic (exact) mass is 374 g/mol. The molecule has 1 heterocycles. The molecule has 0 unspecified atom stereocenters. The molecule has 0 spiro atoms. The van der Waals surface area contributed by atoms with Crippen molar-refractivity contribution < 1.29 is 9.13 Å². The molecule has 0 saturated carbocycles. The van der Waals surface area contributed by atoms with Gasteiger partial charge in [0.25, 0.3) is 0 Å². The summed E-state index contributed by atoms with van der Waals surface area (Å²) in [5, 5.41) is 6.62. The molecule has 148 valence electrons. The number of nitrogens with one attached hydrogen (secondary N) is 2. The molecule has 0 aromatic heterocycles. The average molecular weight is 375 g/mol. The van der Waals surface area contributed by atoms with E-state index >= 15 is 0 Å². The molecule has 1 fully saturated rings. The summed E-state index contributed by atoms with van der Waals surface area (Å²) < 4.78 is 19.8. The third kappa shape index (κ3) is 5.96. The predicted molar refractivity (Wildman–Crippen MR) is 109 cm³/mol. The van der Waals surface area contributed by atoms with Crippen LogP contribution in [-0.4, -0.2) is 45.9 Å². The van der Waals surface area contributed by atoms with Gasteiger partial charge < -0.3 is 20.3 Å². The number of aliphatic imine (C=N–C) groups is 1. The second-order valence-corrected chi connectivity index (χ2v) is 7.10. The lowest BCUT2D eigenvalue weighted by Crippen LogP contribution is -2.37. The van der Waals surface area contributed by atoms with Crippen LogP contribution >= 0.6 is 0 Å². The van der Waals surface area contributed by atoms with E-state index in [1.54, 1.807) is 18.7 Å². The number of halogens is 1. The van der Waals surface area contributed by atoms with Crippen molar-refractivity contribution in [1.29, 1.82) is 0 Å². The quantitative estimate of drug-likeness (QED) is 0.456. The van der Waals surface area contributed by atoms with Crippen LogP contribution < -0.4 is 15.5 Å². The second kappa shape index (κ2) is 10.3. The number of hydrogen-bond donors (Lipinski definition) is 2. The number of allylic oxidation sites excluding steroid dienone is 1. The van der Waals surface area contributed by atoms with Crippen LogP contribution in [0.5, 0.6) is 0 Å². The first-order valence-electron chi connectivity index (χ1n) is 10.00. The molecule has 1 aromatic carbocycles. The summed E-state index contributed by atoms with van der Waals surface area (Å²) in [6, 6.07) is 5.45. The number of nitrogens with zero attached hydrogens (tertiary/aromatic N) is 2. The van der Waals surface area contributed by atoms with Gasteiger partial charge in [0.2, 0.25) is 0 Å². The minimum absolute atomic E-state index is 0.177. The maximum absolute atomic E-state index is 14.5. The lowest BCUT2D eigenvalue weighted by Gasteiger charge is -2.29. The van der Waals surface area contributed by atoms with E-state index in [2.05, 4.69) is 21.7 Å². The van der Waals surface area contributed by atoms with Crippen LogP contribution in [0.2, 0.25) is 0 Å². The van der Waals surface area contributed by atoms with Crippen LogP contribution in [0.15, 0.2) is 34.8 Å². The fourth-order valence-electron chi connectivity index (χ4n) is 3.60. The van der Waals surface area contributed by atoms with Crippen LogP contribution in [-0.2, 0) is 11.3 Å². The minimum atomic E-state index is -0.177. The fourth-order valence-corrected chi connectivity index (χ4v) is 3.60. The van der Waals surface area contributed by atoms with Crippen molar-refractivity contribution in [2.45, 2.75) is 38.6 Å². The Bertz CT molecular complexity index is 668. The molecule has 2 N–H and O–H groups in total. The average Bonchev–Trinajstić information content (AvgIpc) is 2.72. The van der Waals surface area contributed by atoms with E-state index in [1.165, 1.54) is 25.7 Å². The van der Waals surface area contributed by atoms with E-state index in [9.17, 15) is 4.39 Å². The molecule has 27 heavy (non-hydrogen) atoms. The number of guanidine groups is 1. The number of morpholine rings is 1. The van der Waals surface area contributed by atoms with E-state index in [1.807, 2.05) is 17.0 Å². The Morgan fingerprint density at radius 2 is 2.07 bits per heavy atom. The van der Waals surface area contributed by atoms with Crippen molar-refractivity contribution in [3.63, 3.8) is 0 Å². The molecule has 3 rings (SSSR count). The molecule has 1 aliphatic carbocycles. The van der Waals surface area contributed by atoms with Gasteiger partial charge in [0, 0.05) is 33.2 Å². The van der Waals surface area contributed by atoms with Gasteiger partial charge in [0.05, 0.1) is 18.9 Å². The lowest BCUT2D eigenvalue weighted by atomic mass is 9.97. The lowest BCUT2D eigenvalue weighted by molar-refractivity contribution is 0.122. The first-order chi connectivity index (χ1) is 13.3. The first kappa shape index (κ1) is 19.7. The van der Waals surface area contributed by atoms with Crippen molar-refractivity contribution in [3.8, 4) is 0 Å². The van der Waals surface area contributed by atoms with E-state index in [4.69, 9.17) is 4.74 Å². The van der Waals surface area contributed by atoms with Crippen molar-refractivity contribution in [1.82, 2.24) is 10.6 Å². The molecule has 1 saturated heterocycles. The molecular formula is C21H31FN4O.